The first-order chi connectivity index (χ1) is 22.9. The number of nitrogens with one attached hydrogen (secondary N) is 3. The van der Waals surface area contributed by atoms with Gasteiger partial charge >= 0.3 is 5.97 Å². The molecule has 0 spiro atoms. The average Bonchev–Trinajstić information content (AvgIpc) is 3.66. The Morgan fingerprint density at radius 2 is 1.75 bits per heavy atom. The van der Waals surface area contributed by atoms with Crippen LogP contribution in [0.25, 0.3) is 5.65 Å². The highest BCUT2D eigenvalue weighted by Gasteiger charge is 2.31. The maximum absolute atomic E-state index is 14.0. The Hall–Kier alpha value is -4.51. The minimum absolute atomic E-state index is 0.0185. The third-order valence-corrected chi connectivity index (χ3v) is 9.50. The molecule has 48 heavy (non-hydrogen) atoms. The predicted molar refractivity (Wildman–Crippen MR) is 181 cm³/mol. The SMILES string of the molecule is Cc1c(C(=O)OC(C)(C)C)ccc2c1CC[C@@H]2NC(=O)c1cc(C(=O)NC2CCCCC2)nc2c(C(=O)NC3=CC=CCC3Cl)cnn12. The van der Waals surface area contributed by atoms with E-state index in [1.54, 1.807) is 12.1 Å². The number of hydrogen-bond acceptors (Lipinski definition) is 7. The highest BCUT2D eigenvalue weighted by molar-refractivity contribution is 6.23. The maximum Gasteiger partial charge on any atom is 0.338 e. The van der Waals surface area contributed by atoms with Gasteiger partial charge in [0.25, 0.3) is 17.7 Å². The summed E-state index contributed by atoms with van der Waals surface area (Å²) in [6.45, 7) is 7.39. The van der Waals surface area contributed by atoms with Crippen molar-refractivity contribution in [2.75, 3.05) is 0 Å². The summed E-state index contributed by atoms with van der Waals surface area (Å²) in [5, 5.41) is 13.0. The molecule has 2 aromatic heterocycles. The van der Waals surface area contributed by atoms with Gasteiger partial charge in [0.2, 0.25) is 0 Å². The van der Waals surface area contributed by atoms with Crippen LogP contribution in [-0.2, 0) is 11.2 Å². The molecule has 1 saturated carbocycles. The number of alkyl halides is 1. The van der Waals surface area contributed by atoms with E-state index >= 15 is 0 Å². The molecule has 1 fully saturated rings. The number of halogens is 1. The largest absolute Gasteiger partial charge is 0.456 e. The summed E-state index contributed by atoms with van der Waals surface area (Å²) in [4.78, 5) is 58.4. The first-order valence-corrected chi connectivity index (χ1v) is 17.0. The van der Waals surface area contributed by atoms with E-state index in [2.05, 4.69) is 26.0 Å². The molecule has 0 saturated heterocycles. The van der Waals surface area contributed by atoms with Gasteiger partial charge in [-0.05, 0) is 88.6 Å². The summed E-state index contributed by atoms with van der Waals surface area (Å²) >= 11 is 6.41. The molecule has 11 nitrogen and oxygen atoms in total. The van der Waals surface area contributed by atoms with Gasteiger partial charge in [-0.1, -0.05) is 37.5 Å². The van der Waals surface area contributed by atoms with E-state index in [1.807, 2.05) is 45.9 Å². The van der Waals surface area contributed by atoms with Crippen molar-refractivity contribution in [3.05, 3.63) is 87.5 Å². The Labute approximate surface area is 284 Å². The van der Waals surface area contributed by atoms with Crippen LogP contribution in [0.3, 0.4) is 0 Å². The van der Waals surface area contributed by atoms with E-state index in [1.165, 1.54) is 16.8 Å². The quantitative estimate of drug-likeness (QED) is 0.217. The van der Waals surface area contributed by atoms with Crippen LogP contribution in [0.4, 0.5) is 0 Å². The monoisotopic (exact) mass is 672 g/mol. The van der Waals surface area contributed by atoms with Gasteiger partial charge in [-0.2, -0.15) is 5.10 Å². The minimum atomic E-state index is -0.620. The predicted octanol–water partition coefficient (Wildman–Crippen LogP) is 5.65. The Bertz CT molecular complexity index is 1850. The number of hydrogen-bond donors (Lipinski definition) is 3. The topological polar surface area (TPSA) is 144 Å². The van der Waals surface area contributed by atoms with Crippen molar-refractivity contribution in [2.45, 2.75) is 102 Å². The van der Waals surface area contributed by atoms with Crippen LogP contribution in [0.2, 0.25) is 0 Å². The molecule has 3 aromatic rings. The Kier molecular flexibility index (Phi) is 9.42. The lowest BCUT2D eigenvalue weighted by Crippen LogP contribution is -2.37. The summed E-state index contributed by atoms with van der Waals surface area (Å²) in [5.41, 5.74) is 3.44. The summed E-state index contributed by atoms with van der Waals surface area (Å²) < 4.78 is 6.89. The van der Waals surface area contributed by atoms with Gasteiger partial charge in [-0.25, -0.2) is 14.3 Å². The molecule has 2 heterocycles. The molecule has 12 heteroatoms. The summed E-state index contributed by atoms with van der Waals surface area (Å²) in [7, 11) is 0. The van der Waals surface area contributed by atoms with Crippen LogP contribution in [-0.4, -0.2) is 55.3 Å². The second-order valence-corrected chi connectivity index (χ2v) is 14.2. The maximum atomic E-state index is 14.0. The van der Waals surface area contributed by atoms with Crippen LogP contribution in [0.1, 0.15) is 130 Å². The number of esters is 1. The number of fused-ring (bicyclic) bond motifs is 2. The van der Waals surface area contributed by atoms with Crippen molar-refractivity contribution in [1.82, 2.24) is 30.5 Å². The zero-order valence-electron chi connectivity index (χ0n) is 27.7. The highest BCUT2D eigenvalue weighted by Crippen LogP contribution is 2.35. The fraction of sp³-hybridized carbons (Fsp3) is 0.444. The number of amides is 3. The molecular weight excluding hydrogens is 632 g/mol. The lowest BCUT2D eigenvalue weighted by molar-refractivity contribution is 0.00682. The first-order valence-electron chi connectivity index (χ1n) is 16.6. The normalized spacial score (nSPS) is 19.4. The molecule has 0 radical (unpaired) electrons. The molecule has 3 aliphatic carbocycles. The lowest BCUT2D eigenvalue weighted by atomic mass is 9.95. The Morgan fingerprint density at radius 3 is 2.48 bits per heavy atom. The number of benzene rings is 1. The Morgan fingerprint density at radius 1 is 0.979 bits per heavy atom. The second kappa shape index (κ2) is 13.5. The van der Waals surface area contributed by atoms with Gasteiger partial charge in [0.05, 0.1) is 23.2 Å². The Balaban J connectivity index is 1.31. The van der Waals surface area contributed by atoms with E-state index in [0.717, 1.165) is 48.8 Å². The van der Waals surface area contributed by atoms with Crippen LogP contribution in [0.5, 0.6) is 0 Å². The number of rotatable bonds is 7. The fourth-order valence-electron chi connectivity index (χ4n) is 6.64. The molecule has 1 aromatic carbocycles. The number of allylic oxidation sites excluding steroid dienone is 4. The van der Waals surface area contributed by atoms with Crippen molar-refractivity contribution in [3.63, 3.8) is 0 Å². The van der Waals surface area contributed by atoms with Crippen molar-refractivity contribution in [1.29, 1.82) is 0 Å². The third-order valence-electron chi connectivity index (χ3n) is 9.09. The zero-order chi connectivity index (χ0) is 34.2. The van der Waals surface area contributed by atoms with Gasteiger partial charge in [0.1, 0.15) is 22.6 Å². The average molecular weight is 673 g/mol. The number of carbonyl (C=O) groups is 4. The van der Waals surface area contributed by atoms with Crippen LogP contribution >= 0.6 is 11.6 Å². The van der Waals surface area contributed by atoms with Crippen molar-refractivity contribution in [3.8, 4) is 0 Å². The molecule has 6 rings (SSSR count). The number of carbonyl (C=O) groups excluding carboxylic acids is 4. The van der Waals surface area contributed by atoms with Gasteiger partial charge in [-0.3, -0.25) is 14.4 Å². The summed E-state index contributed by atoms with van der Waals surface area (Å²) in [5.74, 6) is -1.77. The fourth-order valence-corrected chi connectivity index (χ4v) is 6.87. The number of nitrogens with zero attached hydrogens (tertiary/aromatic N) is 3. The van der Waals surface area contributed by atoms with Crippen molar-refractivity contribution < 1.29 is 23.9 Å². The van der Waals surface area contributed by atoms with Crippen molar-refractivity contribution >= 4 is 40.9 Å². The molecule has 3 amide bonds. The standard InChI is InChI=1S/C36H41ClN6O5/c1-20-22-16-17-27(24(22)15-14-23(20)35(47)48-36(2,3)4)41-34(46)30-18-29(33(45)39-21-10-6-5-7-11-21)40-31-25(19-38-43(30)31)32(44)42-28-13-9-8-12-26(28)37/h8-9,13-15,18-19,21,26-27H,5-7,10-12,16-17H2,1-4H3,(H,39,45)(H,41,46)(H,42,44)/t26?,27-/m0/s1. The molecule has 2 atom stereocenters. The van der Waals surface area contributed by atoms with Crippen LogP contribution in [0, 0.1) is 6.92 Å². The molecule has 3 aliphatic rings. The van der Waals surface area contributed by atoms with Gasteiger partial charge in [0, 0.05) is 17.8 Å². The molecule has 0 bridgehead atoms. The van der Waals surface area contributed by atoms with E-state index < -0.39 is 28.7 Å². The van der Waals surface area contributed by atoms with Crippen LogP contribution in [0.15, 0.2) is 48.3 Å². The van der Waals surface area contributed by atoms with Gasteiger partial charge < -0.3 is 20.7 Å². The number of aromatic nitrogens is 3. The van der Waals surface area contributed by atoms with Crippen molar-refractivity contribution in [2.24, 2.45) is 0 Å². The van der Waals surface area contributed by atoms with E-state index in [4.69, 9.17) is 16.3 Å². The molecular formula is C36H41ClN6O5. The smallest absolute Gasteiger partial charge is 0.338 e. The minimum Gasteiger partial charge on any atom is -0.456 e. The second-order valence-electron chi connectivity index (χ2n) is 13.7. The molecule has 0 aliphatic heterocycles. The molecule has 3 N–H and O–H groups in total. The van der Waals surface area contributed by atoms with Gasteiger partial charge in [-0.15, -0.1) is 11.6 Å². The summed E-state index contributed by atoms with van der Waals surface area (Å²) in [6, 6.07) is 4.70. The number of ether oxygens (including phenoxy) is 1. The highest BCUT2D eigenvalue weighted by atomic mass is 35.5. The lowest BCUT2D eigenvalue weighted by Gasteiger charge is -2.22. The first kappa shape index (κ1) is 33.4. The van der Waals surface area contributed by atoms with E-state index in [9.17, 15) is 19.2 Å². The van der Waals surface area contributed by atoms with E-state index in [0.29, 0.717) is 30.5 Å². The van der Waals surface area contributed by atoms with Crippen LogP contribution < -0.4 is 16.0 Å². The molecule has 252 valence electrons. The zero-order valence-corrected chi connectivity index (χ0v) is 28.4. The molecule has 1 unspecified atom stereocenters. The summed E-state index contributed by atoms with van der Waals surface area (Å²) in [6.07, 6.45) is 13.6. The van der Waals surface area contributed by atoms with Gasteiger partial charge in [0.15, 0.2) is 5.65 Å². The third kappa shape index (κ3) is 7.01. The van der Waals surface area contributed by atoms with E-state index in [-0.39, 0.29) is 40.7 Å².